The SMILES string of the molecule is [Cl-].[Cl-].[Hf+4].c1ccc(-c2ccc(-c3cc4c(ccc5ccccc54)[cH-]3)o2)cc1.c1ccc(-c2ccc(-c3cc4c(ccc5ccccc54)[cH-]3)o2)cc1. The Morgan fingerprint density at radius 2 is 0.706 bits per heavy atom. The van der Waals surface area contributed by atoms with Gasteiger partial charge in [-0.05, 0) is 35.0 Å². The Labute approximate surface area is 327 Å². The minimum atomic E-state index is 0. The van der Waals surface area contributed by atoms with E-state index in [1.165, 1.54) is 43.1 Å². The van der Waals surface area contributed by atoms with E-state index in [0.29, 0.717) is 0 Å². The fourth-order valence-corrected chi connectivity index (χ4v) is 6.71. The van der Waals surface area contributed by atoms with Gasteiger partial charge < -0.3 is 33.6 Å². The summed E-state index contributed by atoms with van der Waals surface area (Å²) in [5.41, 5.74) is 4.46. The van der Waals surface area contributed by atoms with E-state index in [4.69, 9.17) is 8.83 Å². The van der Waals surface area contributed by atoms with Crippen LogP contribution in [0.4, 0.5) is 0 Å². The zero-order valence-electron chi connectivity index (χ0n) is 27.4. The minimum absolute atomic E-state index is 0. The van der Waals surface area contributed by atoms with Crippen LogP contribution in [-0.4, -0.2) is 0 Å². The van der Waals surface area contributed by atoms with Crippen molar-refractivity contribution >= 4 is 43.1 Å². The second-order valence-corrected chi connectivity index (χ2v) is 12.1. The Kier molecular flexibility index (Phi) is 10.9. The molecule has 0 aliphatic rings. The topological polar surface area (TPSA) is 26.3 Å². The fourth-order valence-electron chi connectivity index (χ4n) is 6.71. The van der Waals surface area contributed by atoms with E-state index in [0.717, 1.165) is 45.3 Å². The molecule has 8 aromatic carbocycles. The number of halogens is 2. The number of benzene rings is 6. The van der Waals surface area contributed by atoms with Crippen LogP contribution in [0.3, 0.4) is 0 Å². The predicted octanol–water partition coefficient (Wildman–Crippen LogP) is 7.28. The molecule has 0 aliphatic carbocycles. The first-order valence-electron chi connectivity index (χ1n) is 16.2. The van der Waals surface area contributed by atoms with Gasteiger partial charge in [0.2, 0.25) is 0 Å². The third-order valence-corrected chi connectivity index (χ3v) is 9.13. The molecule has 0 amide bonds. The van der Waals surface area contributed by atoms with E-state index in [-0.39, 0.29) is 50.7 Å². The number of rotatable bonds is 4. The summed E-state index contributed by atoms with van der Waals surface area (Å²) in [5, 5.41) is 10.2. The average Bonchev–Trinajstić information content (AvgIpc) is 3.98. The Hall–Kier alpha value is -4.93. The van der Waals surface area contributed by atoms with Crippen LogP contribution < -0.4 is 24.8 Å². The summed E-state index contributed by atoms with van der Waals surface area (Å²) in [6.07, 6.45) is 0. The van der Waals surface area contributed by atoms with Gasteiger partial charge in [-0.1, -0.05) is 143 Å². The number of fused-ring (bicyclic) bond motifs is 6. The van der Waals surface area contributed by atoms with Gasteiger partial charge in [0.1, 0.15) is 11.5 Å². The van der Waals surface area contributed by atoms with E-state index < -0.39 is 0 Å². The van der Waals surface area contributed by atoms with Crippen LogP contribution in [0.15, 0.2) is 191 Å². The number of furan rings is 2. The van der Waals surface area contributed by atoms with Crippen molar-refractivity contribution in [2.24, 2.45) is 0 Å². The maximum Gasteiger partial charge on any atom is 4.00 e. The minimum Gasteiger partial charge on any atom is -1.00 e. The summed E-state index contributed by atoms with van der Waals surface area (Å²) < 4.78 is 12.2. The van der Waals surface area contributed by atoms with E-state index in [9.17, 15) is 0 Å². The Morgan fingerprint density at radius 1 is 0.333 bits per heavy atom. The molecule has 10 aromatic rings. The number of hydrogen-bond donors (Lipinski definition) is 0. The van der Waals surface area contributed by atoms with Crippen molar-refractivity contribution in [3.63, 3.8) is 0 Å². The van der Waals surface area contributed by atoms with Crippen LogP contribution >= 0.6 is 0 Å². The van der Waals surface area contributed by atoms with Gasteiger partial charge in [0.25, 0.3) is 0 Å². The molecule has 2 nitrogen and oxygen atoms in total. The van der Waals surface area contributed by atoms with Crippen LogP contribution in [0.2, 0.25) is 0 Å². The first-order valence-corrected chi connectivity index (χ1v) is 16.2. The van der Waals surface area contributed by atoms with Crippen LogP contribution in [-0.2, 0) is 25.8 Å². The molecule has 0 radical (unpaired) electrons. The largest absolute Gasteiger partial charge is 4.00 e. The predicted molar refractivity (Wildman–Crippen MR) is 200 cm³/mol. The van der Waals surface area contributed by atoms with E-state index >= 15 is 0 Å². The van der Waals surface area contributed by atoms with Crippen LogP contribution in [0, 0.1) is 0 Å². The molecule has 0 spiro atoms. The van der Waals surface area contributed by atoms with Crippen molar-refractivity contribution in [3.05, 3.63) is 182 Å². The van der Waals surface area contributed by atoms with Crippen molar-refractivity contribution in [1.29, 1.82) is 0 Å². The molecule has 10 rings (SSSR count). The maximum absolute atomic E-state index is 6.10. The summed E-state index contributed by atoms with van der Waals surface area (Å²) >= 11 is 0. The zero-order valence-corrected chi connectivity index (χ0v) is 32.5. The van der Waals surface area contributed by atoms with E-state index in [2.05, 4.69) is 133 Å². The van der Waals surface area contributed by atoms with E-state index in [1.807, 2.05) is 48.5 Å². The van der Waals surface area contributed by atoms with Crippen molar-refractivity contribution in [2.75, 3.05) is 0 Å². The van der Waals surface area contributed by atoms with Gasteiger partial charge >= 0.3 is 25.8 Å². The van der Waals surface area contributed by atoms with Gasteiger partial charge in [-0.15, -0.1) is 57.9 Å². The third kappa shape index (κ3) is 7.03. The van der Waals surface area contributed by atoms with Crippen molar-refractivity contribution in [1.82, 2.24) is 0 Å². The summed E-state index contributed by atoms with van der Waals surface area (Å²) in [4.78, 5) is 0. The molecular formula is C46H30Cl2HfO2. The normalized spacial score (nSPS) is 10.7. The second-order valence-electron chi connectivity index (χ2n) is 12.1. The molecule has 51 heavy (non-hydrogen) atoms. The molecule has 0 bridgehead atoms. The Balaban J connectivity index is 0.000000166. The molecule has 0 unspecified atom stereocenters. The molecule has 0 N–H and O–H groups in total. The van der Waals surface area contributed by atoms with Gasteiger partial charge in [0.05, 0.1) is 11.5 Å². The third-order valence-electron chi connectivity index (χ3n) is 9.13. The summed E-state index contributed by atoms with van der Waals surface area (Å²) in [6, 6.07) is 63.2. The molecule has 5 heteroatoms. The Morgan fingerprint density at radius 3 is 1.14 bits per heavy atom. The molecule has 0 fully saturated rings. The van der Waals surface area contributed by atoms with Gasteiger partial charge in [-0.3, -0.25) is 0 Å². The standard InChI is InChI=1S/2C23H15O.2ClH.Hf/c2*1-2-7-17(8-3-1)22-12-13-23(24-22)19-14-18-11-10-16-6-4-5-9-20(16)21(18)15-19;;;/h2*1-15H;2*1H;/q2*-1;;;+4/p-2. The smallest absolute Gasteiger partial charge is 1.00 e. The molecular weight excluding hydrogens is 834 g/mol. The molecule has 244 valence electrons. The maximum atomic E-state index is 6.10. The first kappa shape index (κ1) is 35.9. The second kappa shape index (κ2) is 15.5. The van der Waals surface area contributed by atoms with Crippen molar-refractivity contribution in [3.8, 4) is 45.3 Å². The average molecular weight is 864 g/mol. The molecule has 0 saturated heterocycles. The fraction of sp³-hybridized carbons (Fsp3) is 0. The van der Waals surface area contributed by atoms with Crippen molar-refractivity contribution in [2.45, 2.75) is 0 Å². The van der Waals surface area contributed by atoms with Crippen LogP contribution in [0.1, 0.15) is 0 Å². The van der Waals surface area contributed by atoms with Crippen molar-refractivity contribution < 1.29 is 59.5 Å². The quantitative estimate of drug-likeness (QED) is 0.138. The molecule has 0 atom stereocenters. The summed E-state index contributed by atoms with van der Waals surface area (Å²) in [7, 11) is 0. The van der Waals surface area contributed by atoms with E-state index in [1.54, 1.807) is 0 Å². The first-order chi connectivity index (χ1) is 23.8. The monoisotopic (exact) mass is 864 g/mol. The van der Waals surface area contributed by atoms with Crippen LogP contribution in [0.25, 0.3) is 88.4 Å². The zero-order chi connectivity index (χ0) is 31.9. The van der Waals surface area contributed by atoms with Crippen LogP contribution in [0.5, 0.6) is 0 Å². The summed E-state index contributed by atoms with van der Waals surface area (Å²) in [6.45, 7) is 0. The van der Waals surface area contributed by atoms with Gasteiger partial charge in [0, 0.05) is 11.1 Å². The number of hydrogen-bond acceptors (Lipinski definition) is 2. The van der Waals surface area contributed by atoms with Gasteiger partial charge in [0.15, 0.2) is 0 Å². The van der Waals surface area contributed by atoms with Gasteiger partial charge in [-0.25, -0.2) is 0 Å². The molecule has 2 heterocycles. The van der Waals surface area contributed by atoms with Gasteiger partial charge in [-0.2, -0.15) is 0 Å². The molecule has 0 aliphatic heterocycles. The molecule has 2 aromatic heterocycles. The summed E-state index contributed by atoms with van der Waals surface area (Å²) in [5.74, 6) is 3.63. The Bertz CT molecular complexity index is 2490. The molecule has 0 saturated carbocycles.